The molecule has 0 aliphatic carbocycles. The largest absolute Gasteiger partial charge is 0.507 e. The zero-order valence-corrected chi connectivity index (χ0v) is 14.7. The maximum absolute atomic E-state index is 12.5. The number of H-pyrrole nitrogens is 1. The Morgan fingerprint density at radius 3 is 2.69 bits per heavy atom. The van der Waals surface area contributed by atoms with E-state index in [1.54, 1.807) is 13.1 Å². The number of carboxylic acid groups (broad SMARTS) is 1. The van der Waals surface area contributed by atoms with Gasteiger partial charge in [0, 0.05) is 28.5 Å². The van der Waals surface area contributed by atoms with Crippen molar-refractivity contribution in [3.05, 3.63) is 64.3 Å². The van der Waals surface area contributed by atoms with E-state index >= 15 is 0 Å². The predicted molar refractivity (Wildman–Crippen MR) is 98.7 cm³/mol. The van der Waals surface area contributed by atoms with Crippen LogP contribution in [-0.4, -0.2) is 33.1 Å². The molecule has 2 aromatic carbocycles. The van der Waals surface area contributed by atoms with Crippen LogP contribution in [-0.2, 0) is 11.2 Å². The van der Waals surface area contributed by atoms with Crippen molar-refractivity contribution in [3.63, 3.8) is 0 Å². The van der Waals surface area contributed by atoms with Crippen molar-refractivity contribution in [3.8, 4) is 5.75 Å². The molecule has 0 spiro atoms. The topological polar surface area (TPSA) is 102 Å². The predicted octanol–water partition coefficient (Wildman–Crippen LogP) is 3.26. The number of rotatable bonds is 5. The van der Waals surface area contributed by atoms with Crippen LogP contribution in [0.4, 0.5) is 0 Å². The first-order chi connectivity index (χ1) is 12.4. The number of amides is 1. The molecule has 0 radical (unpaired) electrons. The Labute approximate surface area is 154 Å². The first-order valence-electron chi connectivity index (χ1n) is 7.95. The van der Waals surface area contributed by atoms with E-state index in [0.29, 0.717) is 10.6 Å². The third kappa shape index (κ3) is 3.36. The molecule has 0 fully saturated rings. The first-order valence-corrected chi connectivity index (χ1v) is 8.33. The zero-order valence-electron chi connectivity index (χ0n) is 13.9. The van der Waals surface area contributed by atoms with Crippen LogP contribution in [0.15, 0.2) is 42.6 Å². The number of para-hydroxylation sites is 1. The van der Waals surface area contributed by atoms with Crippen molar-refractivity contribution in [1.82, 2.24) is 10.3 Å². The number of aromatic hydroxyl groups is 1. The molecule has 1 heterocycles. The SMILES string of the molecule is Cc1c(Cl)ccc(O)c1C(=O)N[C@@H](Cc1c[nH]c2ccccc12)C(=O)O. The van der Waals surface area contributed by atoms with Gasteiger partial charge in [-0.15, -0.1) is 0 Å². The number of aliphatic carboxylic acids is 1. The molecule has 0 aliphatic heterocycles. The van der Waals surface area contributed by atoms with Gasteiger partial charge in [-0.1, -0.05) is 29.8 Å². The number of aromatic amines is 1. The molecule has 26 heavy (non-hydrogen) atoms. The number of benzene rings is 2. The molecule has 0 saturated carbocycles. The number of carboxylic acids is 1. The van der Waals surface area contributed by atoms with Gasteiger partial charge in [-0.05, 0) is 36.2 Å². The number of nitrogens with one attached hydrogen (secondary N) is 2. The van der Waals surface area contributed by atoms with Crippen LogP contribution in [0.2, 0.25) is 5.02 Å². The molecule has 3 aromatic rings. The van der Waals surface area contributed by atoms with Gasteiger partial charge >= 0.3 is 5.97 Å². The number of hydrogen-bond acceptors (Lipinski definition) is 3. The fraction of sp³-hybridized carbons (Fsp3) is 0.158. The van der Waals surface area contributed by atoms with Gasteiger partial charge in [-0.2, -0.15) is 0 Å². The Bertz CT molecular complexity index is 996. The number of fused-ring (bicyclic) bond motifs is 1. The summed E-state index contributed by atoms with van der Waals surface area (Å²) >= 11 is 6.00. The highest BCUT2D eigenvalue weighted by Gasteiger charge is 2.25. The fourth-order valence-corrected chi connectivity index (χ4v) is 3.07. The lowest BCUT2D eigenvalue weighted by Gasteiger charge is -2.16. The van der Waals surface area contributed by atoms with E-state index in [0.717, 1.165) is 16.5 Å². The molecule has 6 nitrogen and oxygen atoms in total. The van der Waals surface area contributed by atoms with Crippen molar-refractivity contribution >= 4 is 34.4 Å². The van der Waals surface area contributed by atoms with Crippen LogP contribution in [0.3, 0.4) is 0 Å². The van der Waals surface area contributed by atoms with E-state index in [1.165, 1.54) is 12.1 Å². The minimum Gasteiger partial charge on any atom is -0.507 e. The van der Waals surface area contributed by atoms with Crippen LogP contribution < -0.4 is 5.32 Å². The molecule has 1 aromatic heterocycles. The minimum atomic E-state index is -1.16. The normalized spacial score (nSPS) is 12.1. The monoisotopic (exact) mass is 372 g/mol. The van der Waals surface area contributed by atoms with Gasteiger partial charge in [0.2, 0.25) is 0 Å². The van der Waals surface area contributed by atoms with Crippen LogP contribution in [0.1, 0.15) is 21.5 Å². The molecule has 0 saturated heterocycles. The number of carbonyl (C=O) groups excluding carboxylic acids is 1. The van der Waals surface area contributed by atoms with Crippen molar-refractivity contribution in [2.45, 2.75) is 19.4 Å². The third-order valence-electron chi connectivity index (χ3n) is 4.31. The minimum absolute atomic E-state index is 0.0253. The Hall–Kier alpha value is -2.99. The number of carbonyl (C=O) groups is 2. The smallest absolute Gasteiger partial charge is 0.326 e. The molecule has 0 unspecified atom stereocenters. The Balaban J connectivity index is 1.87. The van der Waals surface area contributed by atoms with Gasteiger partial charge in [-0.3, -0.25) is 4.79 Å². The third-order valence-corrected chi connectivity index (χ3v) is 4.72. The van der Waals surface area contributed by atoms with Gasteiger partial charge < -0.3 is 20.5 Å². The molecule has 4 N–H and O–H groups in total. The second kappa shape index (κ2) is 7.09. The second-order valence-electron chi connectivity index (χ2n) is 5.99. The van der Waals surface area contributed by atoms with Gasteiger partial charge in [0.05, 0.1) is 5.56 Å². The Kier molecular flexibility index (Phi) is 4.86. The van der Waals surface area contributed by atoms with Crippen LogP contribution in [0.25, 0.3) is 10.9 Å². The number of hydrogen-bond donors (Lipinski definition) is 4. The number of phenols is 1. The maximum Gasteiger partial charge on any atom is 0.326 e. The molecule has 0 aliphatic rings. The van der Waals surface area contributed by atoms with Crippen molar-refractivity contribution < 1.29 is 19.8 Å². The molecule has 1 atom stereocenters. The van der Waals surface area contributed by atoms with Gasteiger partial charge in [0.1, 0.15) is 11.8 Å². The quantitative estimate of drug-likeness (QED) is 0.552. The average molecular weight is 373 g/mol. The lowest BCUT2D eigenvalue weighted by Crippen LogP contribution is -2.42. The average Bonchev–Trinajstić information content (AvgIpc) is 3.01. The van der Waals surface area contributed by atoms with E-state index in [-0.39, 0.29) is 17.7 Å². The van der Waals surface area contributed by atoms with Gasteiger partial charge in [-0.25, -0.2) is 4.79 Å². The lowest BCUT2D eigenvalue weighted by molar-refractivity contribution is -0.139. The van der Waals surface area contributed by atoms with Crippen LogP contribution >= 0.6 is 11.6 Å². The standard InChI is InChI=1S/C19H17ClN2O4/c1-10-13(20)6-7-16(23)17(10)18(24)22-15(19(25)26)8-11-9-21-14-5-3-2-4-12(11)14/h2-7,9,15,21,23H,8H2,1H3,(H,22,24)(H,25,26)/t15-/m0/s1. The highest BCUT2D eigenvalue weighted by atomic mass is 35.5. The van der Waals surface area contributed by atoms with Crippen molar-refractivity contribution in [2.24, 2.45) is 0 Å². The summed E-state index contributed by atoms with van der Waals surface area (Å²) in [6, 6.07) is 9.14. The summed E-state index contributed by atoms with van der Waals surface area (Å²) in [7, 11) is 0. The van der Waals surface area contributed by atoms with Gasteiger partial charge in [0.25, 0.3) is 5.91 Å². The van der Waals surface area contributed by atoms with Gasteiger partial charge in [0.15, 0.2) is 0 Å². The number of aromatic nitrogens is 1. The maximum atomic E-state index is 12.5. The number of phenolic OH excluding ortho intramolecular Hbond substituents is 1. The summed E-state index contributed by atoms with van der Waals surface area (Å²) in [4.78, 5) is 27.3. The Morgan fingerprint density at radius 1 is 1.23 bits per heavy atom. The fourth-order valence-electron chi connectivity index (χ4n) is 2.91. The molecule has 0 bridgehead atoms. The highest BCUT2D eigenvalue weighted by molar-refractivity contribution is 6.32. The van der Waals surface area contributed by atoms with E-state index in [2.05, 4.69) is 10.3 Å². The summed E-state index contributed by atoms with van der Waals surface area (Å²) < 4.78 is 0. The van der Waals surface area contributed by atoms with Crippen molar-refractivity contribution in [1.29, 1.82) is 0 Å². The molecule has 3 rings (SSSR count). The van der Waals surface area contributed by atoms with E-state index in [9.17, 15) is 19.8 Å². The van der Waals surface area contributed by atoms with E-state index in [1.807, 2.05) is 24.3 Å². The van der Waals surface area contributed by atoms with Crippen molar-refractivity contribution in [2.75, 3.05) is 0 Å². The Morgan fingerprint density at radius 2 is 1.96 bits per heavy atom. The lowest BCUT2D eigenvalue weighted by atomic mass is 10.0. The second-order valence-corrected chi connectivity index (χ2v) is 6.40. The molecular formula is C19H17ClN2O4. The molecular weight excluding hydrogens is 356 g/mol. The summed E-state index contributed by atoms with van der Waals surface area (Å²) in [5, 5.41) is 23.2. The molecule has 7 heteroatoms. The van der Waals surface area contributed by atoms with Crippen LogP contribution in [0, 0.1) is 6.92 Å². The zero-order chi connectivity index (χ0) is 18.8. The molecule has 1 amide bonds. The summed E-state index contributed by atoms with van der Waals surface area (Å²) in [5.74, 6) is -2.10. The summed E-state index contributed by atoms with van der Waals surface area (Å²) in [6.45, 7) is 1.59. The summed E-state index contributed by atoms with van der Waals surface area (Å²) in [5.41, 5.74) is 2.03. The number of halogens is 1. The van der Waals surface area contributed by atoms with E-state index in [4.69, 9.17) is 11.6 Å². The first kappa shape index (κ1) is 17.8. The summed E-state index contributed by atoms with van der Waals surface area (Å²) in [6.07, 6.45) is 1.83. The highest BCUT2D eigenvalue weighted by Crippen LogP contribution is 2.27. The van der Waals surface area contributed by atoms with E-state index < -0.39 is 17.9 Å². The molecule has 134 valence electrons. The van der Waals surface area contributed by atoms with Crippen LogP contribution in [0.5, 0.6) is 5.75 Å².